The first-order valence-corrected chi connectivity index (χ1v) is 9.30. The maximum absolute atomic E-state index is 12.3. The summed E-state index contributed by atoms with van der Waals surface area (Å²) in [5.74, 6) is -1.29. The third-order valence-corrected chi connectivity index (χ3v) is 5.20. The molecule has 140 valence electrons. The van der Waals surface area contributed by atoms with Gasteiger partial charge < -0.3 is 9.15 Å². The third-order valence-electron chi connectivity index (χ3n) is 3.93. The Hall–Kier alpha value is -3.17. The SMILES string of the molecule is COC(=O)c1ccc(S(=O)(=O)NNC(=O)c2oc3ccccc3c2C)cc1. The first-order chi connectivity index (χ1) is 12.8. The Morgan fingerprint density at radius 1 is 1.04 bits per heavy atom. The van der Waals surface area contributed by atoms with Crippen LogP contribution in [0.1, 0.15) is 26.5 Å². The zero-order chi connectivity index (χ0) is 19.6. The lowest BCUT2D eigenvalue weighted by molar-refractivity contribution is 0.0600. The van der Waals surface area contributed by atoms with Crippen molar-refractivity contribution in [1.29, 1.82) is 0 Å². The molecule has 2 aromatic carbocycles. The number of fused-ring (bicyclic) bond motifs is 1. The minimum atomic E-state index is -4.03. The number of benzene rings is 2. The fraction of sp³-hybridized carbons (Fsp3) is 0.111. The van der Waals surface area contributed by atoms with E-state index in [1.165, 1.54) is 31.4 Å². The number of rotatable bonds is 5. The second kappa shape index (κ2) is 7.22. The molecule has 0 saturated heterocycles. The summed E-state index contributed by atoms with van der Waals surface area (Å²) in [6.45, 7) is 1.71. The van der Waals surface area contributed by atoms with Gasteiger partial charge in [0, 0.05) is 10.9 Å². The van der Waals surface area contributed by atoms with Crippen LogP contribution in [0.5, 0.6) is 0 Å². The number of furan rings is 1. The van der Waals surface area contributed by atoms with Gasteiger partial charge >= 0.3 is 11.9 Å². The lowest BCUT2D eigenvalue weighted by atomic mass is 10.1. The number of amides is 1. The summed E-state index contributed by atoms with van der Waals surface area (Å²) in [5.41, 5.74) is 3.46. The van der Waals surface area contributed by atoms with Crippen LogP contribution in [0.25, 0.3) is 11.0 Å². The van der Waals surface area contributed by atoms with Gasteiger partial charge in [0.25, 0.3) is 10.0 Å². The summed E-state index contributed by atoms with van der Waals surface area (Å²) in [6, 6.07) is 12.2. The van der Waals surface area contributed by atoms with Crippen LogP contribution in [0.2, 0.25) is 0 Å². The number of sulfonamides is 1. The lowest BCUT2D eigenvalue weighted by Crippen LogP contribution is -2.41. The summed E-state index contributed by atoms with van der Waals surface area (Å²) in [7, 11) is -2.80. The Labute approximate surface area is 155 Å². The Morgan fingerprint density at radius 2 is 1.70 bits per heavy atom. The van der Waals surface area contributed by atoms with Crippen LogP contribution in [0, 0.1) is 6.92 Å². The molecule has 3 aromatic rings. The molecule has 0 bridgehead atoms. The van der Waals surface area contributed by atoms with Crippen molar-refractivity contribution in [3.63, 3.8) is 0 Å². The molecule has 0 fully saturated rings. The highest BCUT2D eigenvalue weighted by Crippen LogP contribution is 2.24. The smallest absolute Gasteiger partial charge is 0.337 e. The van der Waals surface area contributed by atoms with Crippen LogP contribution in [0.15, 0.2) is 57.8 Å². The molecule has 2 N–H and O–H groups in total. The van der Waals surface area contributed by atoms with Crippen molar-refractivity contribution in [2.24, 2.45) is 0 Å². The van der Waals surface area contributed by atoms with Gasteiger partial charge in [0.05, 0.1) is 17.6 Å². The largest absolute Gasteiger partial charge is 0.465 e. The van der Waals surface area contributed by atoms with Crippen molar-refractivity contribution in [1.82, 2.24) is 10.3 Å². The van der Waals surface area contributed by atoms with Gasteiger partial charge in [0.15, 0.2) is 5.76 Å². The fourth-order valence-electron chi connectivity index (χ4n) is 2.51. The minimum absolute atomic E-state index is 0.0138. The molecule has 1 aromatic heterocycles. The fourth-order valence-corrected chi connectivity index (χ4v) is 3.35. The second-order valence-electron chi connectivity index (χ2n) is 5.63. The van der Waals surface area contributed by atoms with E-state index >= 15 is 0 Å². The normalized spacial score (nSPS) is 11.3. The zero-order valence-corrected chi connectivity index (χ0v) is 15.3. The minimum Gasteiger partial charge on any atom is -0.465 e. The topological polar surface area (TPSA) is 115 Å². The molecule has 0 aliphatic heterocycles. The second-order valence-corrected chi connectivity index (χ2v) is 7.31. The maximum Gasteiger partial charge on any atom is 0.337 e. The van der Waals surface area contributed by atoms with Gasteiger partial charge in [0.2, 0.25) is 0 Å². The standard InChI is InChI=1S/C18H16N2O6S/c1-11-14-5-3-4-6-15(14)26-16(11)17(21)19-20-27(23,24)13-9-7-12(8-10-13)18(22)25-2/h3-10,20H,1-2H3,(H,19,21). The van der Waals surface area contributed by atoms with Gasteiger partial charge in [-0.3, -0.25) is 10.2 Å². The molecule has 0 saturated carbocycles. The molecular weight excluding hydrogens is 372 g/mol. The van der Waals surface area contributed by atoms with E-state index in [-0.39, 0.29) is 16.2 Å². The molecule has 27 heavy (non-hydrogen) atoms. The average Bonchev–Trinajstić information content (AvgIpc) is 3.02. The number of para-hydroxylation sites is 1. The molecule has 0 spiro atoms. The Kier molecular flexibility index (Phi) is 4.98. The summed E-state index contributed by atoms with van der Waals surface area (Å²) >= 11 is 0. The number of aryl methyl sites for hydroxylation is 1. The number of carbonyl (C=O) groups excluding carboxylic acids is 2. The van der Waals surface area contributed by atoms with Crippen LogP contribution in [0.4, 0.5) is 0 Å². The molecular formula is C18H16N2O6S. The zero-order valence-electron chi connectivity index (χ0n) is 14.5. The Bertz CT molecular complexity index is 1120. The summed E-state index contributed by atoms with van der Waals surface area (Å²) in [4.78, 5) is 25.6. The van der Waals surface area contributed by atoms with Crippen molar-refractivity contribution < 1.29 is 27.2 Å². The molecule has 8 nitrogen and oxygen atoms in total. The number of hydrogen-bond donors (Lipinski definition) is 2. The molecule has 3 rings (SSSR count). The van der Waals surface area contributed by atoms with Crippen molar-refractivity contribution in [2.45, 2.75) is 11.8 Å². The van der Waals surface area contributed by atoms with E-state index in [1.807, 2.05) is 10.9 Å². The summed E-state index contributed by atoms with van der Waals surface area (Å²) < 4.78 is 34.6. The number of esters is 1. The van der Waals surface area contributed by atoms with Crippen molar-refractivity contribution in [3.8, 4) is 0 Å². The van der Waals surface area contributed by atoms with Gasteiger partial charge in [-0.25, -0.2) is 13.2 Å². The maximum atomic E-state index is 12.3. The van der Waals surface area contributed by atoms with Crippen molar-refractivity contribution in [2.75, 3.05) is 7.11 Å². The van der Waals surface area contributed by atoms with Gasteiger partial charge in [-0.2, -0.15) is 0 Å². The number of ether oxygens (including phenoxy) is 1. The van der Waals surface area contributed by atoms with Crippen molar-refractivity contribution >= 4 is 32.9 Å². The van der Waals surface area contributed by atoms with E-state index in [0.717, 1.165) is 5.39 Å². The number of methoxy groups -OCH3 is 1. The highest BCUT2D eigenvalue weighted by atomic mass is 32.2. The van der Waals surface area contributed by atoms with Gasteiger partial charge in [-0.1, -0.05) is 18.2 Å². The van der Waals surface area contributed by atoms with Crippen LogP contribution in [-0.2, 0) is 14.8 Å². The summed E-state index contributed by atoms with van der Waals surface area (Å²) in [5, 5.41) is 0.768. The molecule has 0 radical (unpaired) electrons. The Balaban J connectivity index is 1.75. The average molecular weight is 388 g/mol. The molecule has 1 heterocycles. The number of hydrazine groups is 1. The van der Waals surface area contributed by atoms with Crippen molar-refractivity contribution in [3.05, 3.63) is 65.4 Å². The van der Waals surface area contributed by atoms with E-state index in [4.69, 9.17) is 4.42 Å². The number of carbonyl (C=O) groups is 2. The molecule has 0 aliphatic rings. The molecule has 1 amide bonds. The van der Waals surface area contributed by atoms with E-state index in [1.54, 1.807) is 25.1 Å². The number of nitrogens with one attached hydrogen (secondary N) is 2. The third kappa shape index (κ3) is 3.69. The van der Waals surface area contributed by atoms with E-state index in [2.05, 4.69) is 10.2 Å². The molecule has 9 heteroatoms. The van der Waals surface area contributed by atoms with Crippen LogP contribution >= 0.6 is 0 Å². The summed E-state index contributed by atoms with van der Waals surface area (Å²) in [6.07, 6.45) is 0. The molecule has 0 aliphatic carbocycles. The van der Waals surface area contributed by atoms with E-state index in [9.17, 15) is 18.0 Å². The van der Waals surface area contributed by atoms with Crippen LogP contribution < -0.4 is 10.3 Å². The van der Waals surface area contributed by atoms with E-state index in [0.29, 0.717) is 11.1 Å². The Morgan fingerprint density at radius 3 is 2.33 bits per heavy atom. The van der Waals surface area contributed by atoms with E-state index < -0.39 is 21.9 Å². The number of hydrogen-bond acceptors (Lipinski definition) is 6. The van der Waals surface area contributed by atoms with Crippen LogP contribution in [0.3, 0.4) is 0 Å². The van der Waals surface area contributed by atoms with Gasteiger partial charge in [-0.05, 0) is 37.3 Å². The van der Waals surface area contributed by atoms with Crippen LogP contribution in [-0.4, -0.2) is 27.4 Å². The lowest BCUT2D eigenvalue weighted by Gasteiger charge is -2.08. The molecule has 0 unspecified atom stereocenters. The highest BCUT2D eigenvalue weighted by molar-refractivity contribution is 7.89. The first-order valence-electron chi connectivity index (χ1n) is 7.82. The highest BCUT2D eigenvalue weighted by Gasteiger charge is 2.21. The predicted octanol–water partition coefficient (Wildman–Crippen LogP) is 2.15. The molecule has 0 atom stereocenters. The quantitative estimate of drug-likeness (QED) is 0.511. The van der Waals surface area contributed by atoms with Gasteiger partial charge in [0.1, 0.15) is 5.58 Å². The van der Waals surface area contributed by atoms with Gasteiger partial charge in [-0.15, -0.1) is 4.83 Å². The monoisotopic (exact) mass is 388 g/mol. The predicted molar refractivity (Wildman–Crippen MR) is 96.5 cm³/mol. The first kappa shape index (κ1) is 18.6.